The van der Waals surface area contributed by atoms with Crippen molar-refractivity contribution < 1.29 is 9.47 Å². The molecule has 0 aliphatic heterocycles. The first kappa shape index (κ1) is 17.7. The van der Waals surface area contributed by atoms with Gasteiger partial charge in [-0.3, -0.25) is 0 Å². The molecule has 6 heteroatoms. The summed E-state index contributed by atoms with van der Waals surface area (Å²) >= 11 is 19.0. The van der Waals surface area contributed by atoms with Gasteiger partial charge in [0.2, 0.25) is 0 Å². The Bertz CT molecular complexity index is 576. The van der Waals surface area contributed by atoms with E-state index in [2.05, 4.69) is 22.6 Å². The molecule has 0 heterocycles. The van der Waals surface area contributed by atoms with Crippen LogP contribution in [0.5, 0.6) is 11.5 Å². The molecule has 0 aromatic heterocycles. The topological polar surface area (TPSA) is 18.5 Å². The summed E-state index contributed by atoms with van der Waals surface area (Å²) in [5.41, 5.74) is 0. The summed E-state index contributed by atoms with van der Waals surface area (Å²) in [5, 5.41) is 1.62. The first-order valence-electron chi connectivity index (χ1n) is 5.46. The summed E-state index contributed by atoms with van der Waals surface area (Å²) in [6.07, 6.45) is 0. The predicted octanol–water partition coefficient (Wildman–Crippen LogP) is 5.96. The largest absolute Gasteiger partial charge is 0.493 e. The summed E-state index contributed by atoms with van der Waals surface area (Å²) < 4.78 is 11.3. The molecule has 0 atom stereocenters. The van der Waals surface area contributed by atoms with Gasteiger partial charge in [-0.05, 0) is 59.0 Å². The third-order valence-corrected chi connectivity index (χ3v) is 3.87. The Balaban J connectivity index is 0.000000204. The zero-order chi connectivity index (χ0) is 15.1. The summed E-state index contributed by atoms with van der Waals surface area (Å²) in [5.74, 6) is 1.55. The highest BCUT2D eigenvalue weighted by Crippen LogP contribution is 2.27. The first-order valence-corrected chi connectivity index (χ1v) is 7.67. The predicted molar refractivity (Wildman–Crippen MR) is 93.7 cm³/mol. The lowest BCUT2D eigenvalue weighted by atomic mass is 10.3. The molecule has 108 valence electrons. The van der Waals surface area contributed by atoms with Crippen LogP contribution in [0.25, 0.3) is 0 Å². The Labute approximate surface area is 147 Å². The van der Waals surface area contributed by atoms with Gasteiger partial charge < -0.3 is 9.47 Å². The number of halogens is 4. The number of ether oxygens (including phenoxy) is 2. The third-order valence-electron chi connectivity index (χ3n) is 2.23. The van der Waals surface area contributed by atoms with E-state index >= 15 is 0 Å². The van der Waals surface area contributed by atoms with Gasteiger partial charge in [0.1, 0.15) is 0 Å². The Hall–Kier alpha value is -0.360. The molecule has 0 fully saturated rings. The molecule has 20 heavy (non-hydrogen) atoms. The second-order valence-corrected chi connectivity index (χ2v) is 6.05. The summed E-state index contributed by atoms with van der Waals surface area (Å²) in [6, 6.07) is 10.7. The van der Waals surface area contributed by atoms with E-state index in [1.165, 1.54) is 0 Å². The number of methoxy groups -OCH3 is 2. The van der Waals surface area contributed by atoms with Crippen molar-refractivity contribution in [2.45, 2.75) is 0 Å². The van der Waals surface area contributed by atoms with Gasteiger partial charge in [0.05, 0.1) is 24.3 Å². The van der Waals surface area contributed by atoms with Crippen molar-refractivity contribution in [2.24, 2.45) is 0 Å². The number of benzene rings is 2. The molecule has 0 radical (unpaired) electrons. The maximum absolute atomic E-state index is 5.60. The van der Waals surface area contributed by atoms with Crippen LogP contribution in [-0.4, -0.2) is 14.2 Å². The van der Waals surface area contributed by atoms with Crippen LogP contribution >= 0.6 is 57.4 Å². The standard InChI is InChI=1S/C8H9IO2.C6H3Cl3/c1-10-7-4-3-6(9)5-8(7)11-2;7-4-1-2-5(8)6(9)3-4/h3-5H,1-2H3;1-3H. The molecule has 0 unspecified atom stereocenters. The lowest BCUT2D eigenvalue weighted by molar-refractivity contribution is 0.354. The molecular weight excluding hydrogens is 433 g/mol. The minimum atomic E-state index is 0.490. The summed E-state index contributed by atoms with van der Waals surface area (Å²) in [7, 11) is 3.26. The van der Waals surface area contributed by atoms with E-state index in [-0.39, 0.29) is 0 Å². The van der Waals surface area contributed by atoms with Gasteiger partial charge >= 0.3 is 0 Å². The van der Waals surface area contributed by atoms with Crippen LogP contribution in [0.2, 0.25) is 15.1 Å². The molecule has 0 aliphatic carbocycles. The van der Waals surface area contributed by atoms with Crippen molar-refractivity contribution in [1.82, 2.24) is 0 Å². The van der Waals surface area contributed by atoms with Gasteiger partial charge in [0.15, 0.2) is 11.5 Å². The Morgan fingerprint density at radius 2 is 1.45 bits per heavy atom. The van der Waals surface area contributed by atoms with Crippen LogP contribution < -0.4 is 9.47 Å². The van der Waals surface area contributed by atoms with E-state index in [4.69, 9.17) is 44.3 Å². The van der Waals surface area contributed by atoms with Crippen molar-refractivity contribution in [1.29, 1.82) is 0 Å². The number of hydrogen-bond acceptors (Lipinski definition) is 2. The van der Waals surface area contributed by atoms with Crippen molar-refractivity contribution in [3.8, 4) is 11.5 Å². The maximum atomic E-state index is 5.60. The fraction of sp³-hybridized carbons (Fsp3) is 0.143. The smallest absolute Gasteiger partial charge is 0.161 e. The first-order chi connectivity index (χ1) is 9.47. The fourth-order valence-electron chi connectivity index (χ4n) is 1.28. The molecule has 0 spiro atoms. The lowest BCUT2D eigenvalue weighted by Gasteiger charge is -2.06. The number of hydrogen-bond donors (Lipinski definition) is 0. The zero-order valence-electron chi connectivity index (χ0n) is 10.8. The van der Waals surface area contributed by atoms with E-state index in [1.54, 1.807) is 32.4 Å². The van der Waals surface area contributed by atoms with Crippen LogP contribution in [0.3, 0.4) is 0 Å². The van der Waals surface area contributed by atoms with Crippen molar-refractivity contribution >= 4 is 57.4 Å². The van der Waals surface area contributed by atoms with E-state index < -0.39 is 0 Å². The second-order valence-electron chi connectivity index (χ2n) is 3.56. The van der Waals surface area contributed by atoms with E-state index in [0.29, 0.717) is 15.1 Å². The highest BCUT2D eigenvalue weighted by molar-refractivity contribution is 14.1. The monoisotopic (exact) mass is 444 g/mol. The summed E-state index contributed by atoms with van der Waals surface area (Å²) in [6.45, 7) is 0. The minimum Gasteiger partial charge on any atom is -0.493 e. The van der Waals surface area contributed by atoms with Crippen LogP contribution in [0.4, 0.5) is 0 Å². The SMILES string of the molecule is COc1ccc(I)cc1OC.Clc1ccc(Cl)c(Cl)c1. The third kappa shape index (κ3) is 5.56. The fourth-order valence-corrected chi connectivity index (χ4v) is 2.27. The Morgan fingerprint density at radius 3 is 1.95 bits per heavy atom. The second kappa shape index (κ2) is 8.82. The van der Waals surface area contributed by atoms with Gasteiger partial charge in [-0.2, -0.15) is 0 Å². The molecule has 0 bridgehead atoms. The highest BCUT2D eigenvalue weighted by atomic mass is 127. The molecule has 0 amide bonds. The molecule has 0 aliphatic rings. The van der Waals surface area contributed by atoms with Gasteiger partial charge in [-0.1, -0.05) is 34.8 Å². The average Bonchev–Trinajstić information content (AvgIpc) is 2.44. The maximum Gasteiger partial charge on any atom is 0.161 e. The van der Waals surface area contributed by atoms with E-state index in [9.17, 15) is 0 Å². The van der Waals surface area contributed by atoms with Gasteiger partial charge in [0.25, 0.3) is 0 Å². The quantitative estimate of drug-likeness (QED) is 0.420. The van der Waals surface area contributed by atoms with Crippen molar-refractivity contribution in [2.75, 3.05) is 14.2 Å². The van der Waals surface area contributed by atoms with E-state index in [1.807, 2.05) is 18.2 Å². The lowest BCUT2D eigenvalue weighted by Crippen LogP contribution is -1.89. The molecule has 2 rings (SSSR count). The minimum absolute atomic E-state index is 0.490. The van der Waals surface area contributed by atoms with Crippen LogP contribution in [0.15, 0.2) is 36.4 Å². The summed E-state index contributed by atoms with van der Waals surface area (Å²) in [4.78, 5) is 0. The van der Waals surface area contributed by atoms with Gasteiger partial charge in [0, 0.05) is 8.59 Å². The van der Waals surface area contributed by atoms with Crippen molar-refractivity contribution in [3.63, 3.8) is 0 Å². The molecule has 2 aromatic carbocycles. The molecule has 0 saturated carbocycles. The highest BCUT2D eigenvalue weighted by Gasteiger charge is 2.01. The van der Waals surface area contributed by atoms with Crippen molar-refractivity contribution in [3.05, 3.63) is 55.0 Å². The van der Waals surface area contributed by atoms with Crippen LogP contribution in [-0.2, 0) is 0 Å². The van der Waals surface area contributed by atoms with Gasteiger partial charge in [-0.15, -0.1) is 0 Å². The van der Waals surface area contributed by atoms with Crippen LogP contribution in [0.1, 0.15) is 0 Å². The average molecular weight is 446 g/mol. The molecule has 2 nitrogen and oxygen atoms in total. The molecule has 2 aromatic rings. The zero-order valence-corrected chi connectivity index (χ0v) is 15.2. The van der Waals surface area contributed by atoms with Gasteiger partial charge in [-0.25, -0.2) is 0 Å². The Kier molecular flexibility index (Phi) is 7.80. The number of rotatable bonds is 2. The van der Waals surface area contributed by atoms with E-state index in [0.717, 1.165) is 15.1 Å². The normalized spacial score (nSPS) is 9.50. The molecular formula is C14H12Cl3IO2. The molecule has 0 saturated heterocycles. The van der Waals surface area contributed by atoms with Crippen LogP contribution in [0, 0.1) is 3.57 Å². The Morgan fingerprint density at radius 1 is 0.800 bits per heavy atom. The molecule has 0 N–H and O–H groups in total.